The second kappa shape index (κ2) is 31.6. The lowest BCUT2D eigenvalue weighted by molar-refractivity contribution is -0.192. The maximum atomic E-state index is 13.8. The normalized spacial score (nSPS) is 13.1. The number of alkyl carbamates (subject to hydrolysis) is 1. The van der Waals surface area contributed by atoms with Gasteiger partial charge >= 0.3 is 18.2 Å². The van der Waals surface area contributed by atoms with Crippen molar-refractivity contribution in [3.8, 4) is 0 Å². The smallest absolute Gasteiger partial charge is 0.475 e. The second-order valence-electron chi connectivity index (χ2n) is 14.2. The Hall–Kier alpha value is -5.23. The average Bonchev–Trinajstić information content (AvgIpc) is 3.78. The van der Waals surface area contributed by atoms with Gasteiger partial charge in [-0.05, 0) is 36.3 Å². The Kier molecular flexibility index (Phi) is 27.1. The van der Waals surface area contributed by atoms with Crippen molar-refractivity contribution < 1.29 is 71.0 Å². The Bertz CT molecular complexity index is 1770. The van der Waals surface area contributed by atoms with Crippen LogP contribution >= 0.6 is 11.3 Å². The molecular weight excluding hydrogens is 870 g/mol. The highest BCUT2D eigenvalue weighted by atomic mass is 32.1. The minimum atomic E-state index is -5.08. The molecule has 4 amide bonds. The summed E-state index contributed by atoms with van der Waals surface area (Å²) in [6, 6.07) is 16.8. The summed E-state index contributed by atoms with van der Waals surface area (Å²) in [6.45, 7) is 5.68. The van der Waals surface area contributed by atoms with Crippen LogP contribution in [0.2, 0.25) is 0 Å². The molecule has 0 radical (unpaired) electrons. The molecule has 64 heavy (non-hydrogen) atoms. The van der Waals surface area contributed by atoms with Gasteiger partial charge in [-0.1, -0.05) is 74.5 Å². The van der Waals surface area contributed by atoms with Crippen LogP contribution in [-0.2, 0) is 62.3 Å². The van der Waals surface area contributed by atoms with E-state index in [4.69, 9.17) is 39.3 Å². The highest BCUT2D eigenvalue weighted by Gasteiger charge is 2.38. The Balaban J connectivity index is 0.00000185. The number of alkyl halides is 3. The molecule has 8 N–H and O–H groups in total. The predicted molar refractivity (Wildman–Crippen MR) is 228 cm³/mol. The summed E-state index contributed by atoms with van der Waals surface area (Å²) in [4.78, 5) is 65.0. The molecule has 22 heteroatoms. The molecule has 1 heterocycles. The van der Waals surface area contributed by atoms with Crippen LogP contribution in [0.15, 0.2) is 72.4 Å². The van der Waals surface area contributed by atoms with Gasteiger partial charge in [-0.25, -0.2) is 9.59 Å². The zero-order chi connectivity index (χ0) is 47.2. The fourth-order valence-electron chi connectivity index (χ4n) is 5.55. The summed E-state index contributed by atoms with van der Waals surface area (Å²) in [6.07, 6.45) is -4.43. The molecule has 2 aromatic carbocycles. The van der Waals surface area contributed by atoms with E-state index in [0.29, 0.717) is 39.2 Å². The van der Waals surface area contributed by atoms with E-state index in [1.807, 2.05) is 74.5 Å². The predicted octanol–water partition coefficient (Wildman–Crippen LogP) is 2.37. The molecular formula is C42H59F3N6O12S. The zero-order valence-electron chi connectivity index (χ0n) is 35.8. The third-order valence-electron chi connectivity index (χ3n) is 8.64. The number of hydrogen-bond donors (Lipinski definition) is 7. The summed E-state index contributed by atoms with van der Waals surface area (Å²) >= 11 is 1.37. The minimum absolute atomic E-state index is 0.0459. The number of nitrogens with two attached hydrogens (primary N) is 1. The van der Waals surface area contributed by atoms with Crippen LogP contribution in [0.5, 0.6) is 0 Å². The first kappa shape index (κ1) is 54.9. The lowest BCUT2D eigenvalue weighted by Crippen LogP contribution is -2.54. The van der Waals surface area contributed by atoms with E-state index in [1.165, 1.54) is 11.3 Å². The van der Waals surface area contributed by atoms with E-state index in [0.717, 1.165) is 16.0 Å². The lowest BCUT2D eigenvalue weighted by Gasteiger charge is -2.30. The monoisotopic (exact) mass is 928 g/mol. The summed E-state index contributed by atoms with van der Waals surface area (Å²) in [5.74, 6) is -4.20. The number of amides is 4. The number of carboxylic acids is 1. The Morgan fingerprint density at radius 1 is 0.781 bits per heavy atom. The molecule has 356 valence electrons. The van der Waals surface area contributed by atoms with Gasteiger partial charge in [0.2, 0.25) is 17.7 Å². The fraction of sp³-hybridized carbons (Fsp3) is 0.524. The number of nitrogens with one attached hydrogen (secondary N) is 4. The maximum absolute atomic E-state index is 13.8. The Morgan fingerprint density at radius 3 is 1.89 bits per heavy atom. The largest absolute Gasteiger partial charge is 0.490 e. The third-order valence-corrected chi connectivity index (χ3v) is 9.39. The van der Waals surface area contributed by atoms with Crippen LogP contribution in [0.3, 0.4) is 0 Å². The van der Waals surface area contributed by atoms with E-state index in [1.54, 1.807) is 11.7 Å². The molecule has 4 atom stereocenters. The van der Waals surface area contributed by atoms with Crippen molar-refractivity contribution in [2.45, 2.75) is 70.1 Å². The first-order valence-corrected chi connectivity index (χ1v) is 21.2. The molecule has 18 nitrogen and oxygen atoms in total. The second-order valence-corrected chi connectivity index (χ2v) is 15.2. The number of aliphatic hydroxyl groups excluding tert-OH is 1. The van der Waals surface area contributed by atoms with Crippen molar-refractivity contribution in [2.75, 3.05) is 65.9 Å². The molecule has 0 aliphatic carbocycles. The topological polar surface area (TPSA) is 259 Å². The van der Waals surface area contributed by atoms with Crippen LogP contribution < -0.4 is 27.0 Å². The first-order valence-electron chi connectivity index (χ1n) is 20.3. The van der Waals surface area contributed by atoms with E-state index in [9.17, 15) is 37.5 Å². The molecule has 0 saturated heterocycles. The summed E-state index contributed by atoms with van der Waals surface area (Å²) in [5, 5.41) is 30.1. The summed E-state index contributed by atoms with van der Waals surface area (Å²) in [7, 11) is 0. The lowest BCUT2D eigenvalue weighted by atomic mass is 9.93. The number of ether oxygens (including phenoxy) is 5. The molecule has 0 bridgehead atoms. The third kappa shape index (κ3) is 25.2. The van der Waals surface area contributed by atoms with Gasteiger partial charge in [-0.2, -0.15) is 13.2 Å². The minimum Gasteiger partial charge on any atom is -0.475 e. The quantitative estimate of drug-likeness (QED) is 0.0494. The molecule has 0 aliphatic rings. The number of benzene rings is 2. The fourth-order valence-corrected chi connectivity index (χ4v) is 6.06. The molecule has 0 spiro atoms. The molecule has 0 saturated carbocycles. The van der Waals surface area contributed by atoms with Gasteiger partial charge in [0, 0.05) is 25.3 Å². The number of rotatable bonds is 29. The van der Waals surface area contributed by atoms with E-state index in [2.05, 4.69) is 26.3 Å². The van der Waals surface area contributed by atoms with Crippen molar-refractivity contribution in [3.05, 3.63) is 88.4 Å². The van der Waals surface area contributed by atoms with Crippen LogP contribution in [0.4, 0.5) is 18.0 Å². The standard InChI is InChI=1S/C40H58N6O10S.C2HF3O2/c1-29(2)38(46-37(49)27-55-20-18-53-16-14-43-36(48)26-54-19-17-52-15-13-41)39(50)44-32(21-30-9-5-3-6-10-30)23-35(47)34(22-31-11-7-4-8-12-31)45-40(51)56-25-33-24-42-28-57-33;3-2(4,5)1(6)7/h3-12,24,28-29,32,34-35,38,47H,13-23,25-27,41H2,1-2H3,(H,43,48)(H,44,50)(H,45,51)(H,46,49);(H,6,7). The highest BCUT2D eigenvalue weighted by molar-refractivity contribution is 7.09. The van der Waals surface area contributed by atoms with Crippen molar-refractivity contribution >= 4 is 41.1 Å². The number of nitrogens with zero attached hydrogens (tertiary/aromatic N) is 1. The Labute approximate surface area is 373 Å². The number of carboxylic acid groups (broad SMARTS) is 1. The first-order chi connectivity index (χ1) is 30.6. The van der Waals surface area contributed by atoms with Crippen molar-refractivity contribution in [1.29, 1.82) is 0 Å². The van der Waals surface area contributed by atoms with Crippen LogP contribution in [0.25, 0.3) is 0 Å². The number of aliphatic hydroxyl groups is 1. The number of aliphatic carboxylic acids is 1. The summed E-state index contributed by atoms with van der Waals surface area (Å²) in [5.41, 5.74) is 8.82. The Morgan fingerprint density at radius 2 is 1.34 bits per heavy atom. The van der Waals surface area contributed by atoms with Crippen molar-refractivity contribution in [2.24, 2.45) is 11.7 Å². The van der Waals surface area contributed by atoms with E-state index in [-0.39, 0.29) is 64.4 Å². The van der Waals surface area contributed by atoms with E-state index < -0.39 is 54.3 Å². The zero-order valence-corrected chi connectivity index (χ0v) is 36.6. The molecule has 3 rings (SSSR count). The van der Waals surface area contributed by atoms with Gasteiger partial charge in [0.05, 0.1) is 62.2 Å². The van der Waals surface area contributed by atoms with Gasteiger partial charge in [-0.15, -0.1) is 11.3 Å². The number of carbonyl (C=O) groups is 5. The number of aromatic nitrogens is 1. The molecule has 0 fully saturated rings. The number of thiazole rings is 1. The number of carbonyl (C=O) groups excluding carboxylic acids is 4. The van der Waals surface area contributed by atoms with Crippen molar-refractivity contribution in [3.63, 3.8) is 0 Å². The summed E-state index contributed by atoms with van der Waals surface area (Å²) < 4.78 is 58.4. The van der Waals surface area contributed by atoms with Gasteiger partial charge in [0.15, 0.2) is 0 Å². The van der Waals surface area contributed by atoms with Crippen LogP contribution in [-0.4, -0.2) is 141 Å². The average molecular weight is 929 g/mol. The number of halogens is 3. The van der Waals surface area contributed by atoms with Crippen molar-refractivity contribution in [1.82, 2.24) is 26.3 Å². The van der Waals surface area contributed by atoms with Gasteiger partial charge in [0.1, 0.15) is 25.9 Å². The SMILES string of the molecule is CC(C)C(NC(=O)COCCOCCNC(=O)COCCOCCN)C(=O)NC(Cc1ccccc1)CC(O)C(Cc1ccccc1)NC(=O)OCc1cncs1.O=C(O)C(F)(F)F. The highest BCUT2D eigenvalue weighted by Crippen LogP contribution is 2.16. The van der Waals surface area contributed by atoms with Gasteiger partial charge < -0.3 is 60.9 Å². The number of hydrogen-bond acceptors (Lipinski definition) is 14. The van der Waals surface area contributed by atoms with Gasteiger partial charge in [0.25, 0.3) is 0 Å². The molecule has 4 unspecified atom stereocenters. The molecule has 3 aromatic rings. The van der Waals surface area contributed by atoms with Crippen LogP contribution in [0.1, 0.15) is 36.3 Å². The molecule has 0 aliphatic heterocycles. The van der Waals surface area contributed by atoms with E-state index >= 15 is 0 Å². The van der Waals surface area contributed by atoms with Gasteiger partial charge in [-0.3, -0.25) is 19.4 Å². The molecule has 1 aromatic heterocycles. The maximum Gasteiger partial charge on any atom is 0.490 e. The van der Waals surface area contributed by atoms with Crippen LogP contribution in [0, 0.1) is 5.92 Å².